The van der Waals surface area contributed by atoms with Crippen LogP contribution in [0.25, 0.3) is 5.82 Å². The smallest absolute Gasteiger partial charge is 0.214 e. The van der Waals surface area contributed by atoms with Gasteiger partial charge in [0.25, 0.3) is 0 Å². The number of aliphatic hydroxyl groups excluding tert-OH is 1. The zero-order valence-electron chi connectivity index (χ0n) is 8.29. The lowest BCUT2D eigenvalue weighted by molar-refractivity contribution is 0.282. The lowest BCUT2D eigenvalue weighted by Gasteiger charge is -2.02. The lowest BCUT2D eigenvalue weighted by atomic mass is 10.4. The van der Waals surface area contributed by atoms with E-state index >= 15 is 0 Å². The standard InChI is InChI=1S/C10H11N3O2/c1-15-10-4-2-3-9(12-10)13-6-8(7-14)5-11-13/h2-6,14H,7H2,1H3. The van der Waals surface area contributed by atoms with Crippen LogP contribution in [-0.2, 0) is 6.61 Å². The Morgan fingerprint density at radius 3 is 3.00 bits per heavy atom. The molecule has 0 aromatic carbocycles. The fourth-order valence-corrected chi connectivity index (χ4v) is 1.21. The molecule has 0 spiro atoms. The molecule has 78 valence electrons. The van der Waals surface area contributed by atoms with E-state index in [1.54, 1.807) is 30.3 Å². The highest BCUT2D eigenvalue weighted by Crippen LogP contribution is 2.10. The molecule has 0 aliphatic rings. The average Bonchev–Trinajstić information content (AvgIpc) is 2.78. The van der Waals surface area contributed by atoms with Crippen LogP contribution in [0.15, 0.2) is 30.6 Å². The summed E-state index contributed by atoms with van der Waals surface area (Å²) in [5.41, 5.74) is 0.750. The van der Waals surface area contributed by atoms with Crippen molar-refractivity contribution in [2.24, 2.45) is 0 Å². The maximum Gasteiger partial charge on any atom is 0.214 e. The average molecular weight is 205 g/mol. The van der Waals surface area contributed by atoms with Gasteiger partial charge in [0.2, 0.25) is 5.88 Å². The quantitative estimate of drug-likeness (QED) is 0.804. The number of rotatable bonds is 3. The molecular weight excluding hydrogens is 194 g/mol. The van der Waals surface area contributed by atoms with E-state index in [0.717, 1.165) is 5.56 Å². The molecule has 15 heavy (non-hydrogen) atoms. The highest BCUT2D eigenvalue weighted by atomic mass is 16.5. The van der Waals surface area contributed by atoms with Crippen LogP contribution >= 0.6 is 0 Å². The second-order valence-corrected chi connectivity index (χ2v) is 2.99. The molecule has 5 nitrogen and oxygen atoms in total. The van der Waals surface area contributed by atoms with Gasteiger partial charge in [0.15, 0.2) is 5.82 Å². The lowest BCUT2D eigenvalue weighted by Crippen LogP contribution is -1.98. The molecule has 0 bridgehead atoms. The first-order valence-corrected chi connectivity index (χ1v) is 4.49. The summed E-state index contributed by atoms with van der Waals surface area (Å²) in [5, 5.41) is 13.0. The SMILES string of the molecule is COc1cccc(-n2cc(CO)cn2)n1. The van der Waals surface area contributed by atoms with Crippen LogP contribution in [0.4, 0.5) is 0 Å². The predicted octanol–water partition coefficient (Wildman–Crippen LogP) is 0.768. The fourth-order valence-electron chi connectivity index (χ4n) is 1.21. The van der Waals surface area contributed by atoms with Gasteiger partial charge in [-0.15, -0.1) is 0 Å². The van der Waals surface area contributed by atoms with Gasteiger partial charge in [-0.2, -0.15) is 10.1 Å². The monoisotopic (exact) mass is 205 g/mol. The Labute approximate surface area is 87.0 Å². The Morgan fingerprint density at radius 2 is 2.33 bits per heavy atom. The summed E-state index contributed by atoms with van der Waals surface area (Å²) in [5.74, 6) is 1.20. The van der Waals surface area contributed by atoms with Crippen LogP contribution in [-0.4, -0.2) is 27.0 Å². The topological polar surface area (TPSA) is 60.2 Å². The van der Waals surface area contributed by atoms with Gasteiger partial charge in [0.05, 0.1) is 19.9 Å². The van der Waals surface area contributed by atoms with E-state index in [4.69, 9.17) is 9.84 Å². The highest BCUT2D eigenvalue weighted by molar-refractivity contribution is 5.27. The molecule has 2 heterocycles. The Morgan fingerprint density at radius 1 is 1.47 bits per heavy atom. The maximum absolute atomic E-state index is 8.90. The second kappa shape index (κ2) is 4.10. The van der Waals surface area contributed by atoms with Crippen LogP contribution in [0.3, 0.4) is 0 Å². The van der Waals surface area contributed by atoms with Crippen molar-refractivity contribution >= 4 is 0 Å². The number of hydrogen-bond donors (Lipinski definition) is 1. The van der Waals surface area contributed by atoms with Crippen molar-refractivity contribution in [1.29, 1.82) is 0 Å². The van der Waals surface area contributed by atoms with E-state index in [1.165, 1.54) is 0 Å². The first-order chi connectivity index (χ1) is 7.33. The molecule has 2 aromatic heterocycles. The molecule has 2 rings (SSSR count). The summed E-state index contributed by atoms with van der Waals surface area (Å²) in [7, 11) is 1.56. The maximum atomic E-state index is 8.90. The molecule has 5 heteroatoms. The fraction of sp³-hybridized carbons (Fsp3) is 0.200. The largest absolute Gasteiger partial charge is 0.481 e. The molecule has 0 radical (unpaired) electrons. The number of pyridine rings is 1. The summed E-state index contributed by atoms with van der Waals surface area (Å²) in [4.78, 5) is 4.21. The van der Waals surface area contributed by atoms with E-state index in [0.29, 0.717) is 11.7 Å². The number of aromatic nitrogens is 3. The number of methoxy groups -OCH3 is 1. The van der Waals surface area contributed by atoms with Gasteiger partial charge in [-0.3, -0.25) is 0 Å². The van der Waals surface area contributed by atoms with E-state index in [-0.39, 0.29) is 6.61 Å². The van der Waals surface area contributed by atoms with Crippen molar-refractivity contribution in [3.8, 4) is 11.7 Å². The normalized spacial score (nSPS) is 10.3. The van der Waals surface area contributed by atoms with E-state index < -0.39 is 0 Å². The molecule has 0 atom stereocenters. The highest BCUT2D eigenvalue weighted by Gasteiger charge is 2.02. The Bertz CT molecular complexity index is 453. The van der Waals surface area contributed by atoms with Gasteiger partial charge in [-0.1, -0.05) is 6.07 Å². The van der Waals surface area contributed by atoms with Crippen molar-refractivity contribution in [3.63, 3.8) is 0 Å². The van der Waals surface area contributed by atoms with Crippen molar-refractivity contribution in [2.45, 2.75) is 6.61 Å². The number of hydrogen-bond acceptors (Lipinski definition) is 4. The van der Waals surface area contributed by atoms with E-state index in [9.17, 15) is 0 Å². The Kier molecular flexibility index (Phi) is 2.64. The molecule has 0 fully saturated rings. The predicted molar refractivity (Wildman–Crippen MR) is 53.8 cm³/mol. The molecule has 0 unspecified atom stereocenters. The van der Waals surface area contributed by atoms with Crippen molar-refractivity contribution < 1.29 is 9.84 Å². The van der Waals surface area contributed by atoms with Crippen LogP contribution < -0.4 is 4.74 Å². The van der Waals surface area contributed by atoms with Crippen molar-refractivity contribution in [1.82, 2.24) is 14.8 Å². The van der Waals surface area contributed by atoms with E-state index in [2.05, 4.69) is 10.1 Å². The Balaban J connectivity index is 2.35. The third-order valence-corrected chi connectivity index (χ3v) is 1.97. The minimum Gasteiger partial charge on any atom is -0.481 e. The third kappa shape index (κ3) is 1.97. The van der Waals surface area contributed by atoms with Crippen molar-refractivity contribution in [2.75, 3.05) is 7.11 Å². The number of ether oxygens (including phenoxy) is 1. The number of nitrogens with zero attached hydrogens (tertiary/aromatic N) is 3. The van der Waals surface area contributed by atoms with Gasteiger partial charge in [0.1, 0.15) is 0 Å². The van der Waals surface area contributed by atoms with Crippen LogP contribution in [0.2, 0.25) is 0 Å². The summed E-state index contributed by atoms with van der Waals surface area (Å²) >= 11 is 0. The first-order valence-electron chi connectivity index (χ1n) is 4.49. The summed E-state index contributed by atoms with van der Waals surface area (Å²) < 4.78 is 6.60. The molecule has 0 aliphatic heterocycles. The summed E-state index contributed by atoms with van der Waals surface area (Å²) in [6.45, 7) is -0.0238. The Hall–Kier alpha value is -1.88. The summed E-state index contributed by atoms with van der Waals surface area (Å²) in [6, 6.07) is 5.41. The minimum atomic E-state index is -0.0238. The zero-order valence-corrected chi connectivity index (χ0v) is 8.29. The summed E-state index contributed by atoms with van der Waals surface area (Å²) in [6.07, 6.45) is 3.32. The molecule has 0 amide bonds. The van der Waals surface area contributed by atoms with Crippen LogP contribution in [0, 0.1) is 0 Å². The van der Waals surface area contributed by atoms with E-state index in [1.807, 2.05) is 12.1 Å². The second-order valence-electron chi connectivity index (χ2n) is 2.99. The van der Waals surface area contributed by atoms with Gasteiger partial charge in [-0.25, -0.2) is 4.68 Å². The third-order valence-electron chi connectivity index (χ3n) is 1.97. The molecule has 1 N–H and O–H groups in total. The molecular formula is C10H11N3O2. The van der Waals surface area contributed by atoms with Gasteiger partial charge in [-0.05, 0) is 6.07 Å². The van der Waals surface area contributed by atoms with Crippen LogP contribution in [0.5, 0.6) is 5.88 Å². The molecule has 0 saturated carbocycles. The zero-order chi connectivity index (χ0) is 10.7. The molecule has 2 aromatic rings. The van der Waals surface area contributed by atoms with Crippen molar-refractivity contribution in [3.05, 3.63) is 36.2 Å². The minimum absolute atomic E-state index is 0.0238. The van der Waals surface area contributed by atoms with Crippen LogP contribution in [0.1, 0.15) is 5.56 Å². The number of aliphatic hydroxyl groups is 1. The molecule has 0 saturated heterocycles. The van der Waals surface area contributed by atoms with Gasteiger partial charge >= 0.3 is 0 Å². The van der Waals surface area contributed by atoms with Gasteiger partial charge < -0.3 is 9.84 Å². The first kappa shape index (κ1) is 9.67. The molecule has 0 aliphatic carbocycles. The van der Waals surface area contributed by atoms with Gasteiger partial charge in [0, 0.05) is 17.8 Å².